The fourth-order valence-corrected chi connectivity index (χ4v) is 3.55. The lowest BCUT2D eigenvalue weighted by Gasteiger charge is -2.36. The summed E-state index contributed by atoms with van der Waals surface area (Å²) in [5.41, 5.74) is 1.12. The standard InChI is InChI=1S/C15H15ClFNS/c16-15-5-4-14(19-15)9-18-13-7-11(8-13)10-2-1-3-12(17)6-10/h1-6,11,13,18H,7-9H2. The quantitative estimate of drug-likeness (QED) is 0.871. The number of nitrogens with one attached hydrogen (secondary N) is 1. The summed E-state index contributed by atoms with van der Waals surface area (Å²) in [5, 5.41) is 3.52. The molecule has 0 radical (unpaired) electrons. The molecule has 2 aromatic rings. The molecule has 1 heterocycles. The summed E-state index contributed by atoms with van der Waals surface area (Å²) in [6.07, 6.45) is 2.17. The average molecular weight is 296 g/mol. The number of hydrogen-bond donors (Lipinski definition) is 1. The first kappa shape index (κ1) is 13.1. The molecule has 0 saturated heterocycles. The summed E-state index contributed by atoms with van der Waals surface area (Å²) in [4.78, 5) is 1.26. The van der Waals surface area contributed by atoms with Crippen molar-refractivity contribution in [3.05, 3.63) is 57.0 Å². The van der Waals surface area contributed by atoms with Crippen molar-refractivity contribution >= 4 is 22.9 Å². The molecule has 1 fully saturated rings. The van der Waals surface area contributed by atoms with E-state index in [1.54, 1.807) is 23.5 Å². The lowest BCUT2D eigenvalue weighted by Crippen LogP contribution is -2.39. The minimum absolute atomic E-state index is 0.137. The van der Waals surface area contributed by atoms with Gasteiger partial charge in [-0.2, -0.15) is 0 Å². The summed E-state index contributed by atoms with van der Waals surface area (Å²) in [6, 6.07) is 11.5. The third-order valence-electron chi connectivity index (χ3n) is 3.65. The Labute approximate surface area is 121 Å². The van der Waals surface area contributed by atoms with Gasteiger partial charge in [0.05, 0.1) is 4.34 Å². The highest BCUT2D eigenvalue weighted by atomic mass is 35.5. The van der Waals surface area contributed by atoms with Gasteiger partial charge in [0.15, 0.2) is 0 Å². The van der Waals surface area contributed by atoms with E-state index in [1.807, 2.05) is 12.1 Å². The normalized spacial score (nSPS) is 22.2. The Hall–Kier alpha value is -0.900. The molecule has 1 N–H and O–H groups in total. The Morgan fingerprint density at radius 1 is 1.26 bits per heavy atom. The van der Waals surface area contributed by atoms with E-state index in [0.29, 0.717) is 12.0 Å². The summed E-state index contributed by atoms with van der Waals surface area (Å²) in [6.45, 7) is 0.873. The molecule has 0 amide bonds. The molecular weight excluding hydrogens is 281 g/mol. The van der Waals surface area contributed by atoms with Gasteiger partial charge in [-0.15, -0.1) is 11.3 Å². The van der Waals surface area contributed by atoms with Crippen molar-refractivity contribution < 1.29 is 4.39 Å². The molecule has 0 atom stereocenters. The Morgan fingerprint density at radius 3 is 2.79 bits per heavy atom. The molecule has 19 heavy (non-hydrogen) atoms. The zero-order valence-corrected chi connectivity index (χ0v) is 12.0. The fraction of sp³-hybridized carbons (Fsp3) is 0.333. The summed E-state index contributed by atoms with van der Waals surface area (Å²) in [7, 11) is 0. The van der Waals surface area contributed by atoms with E-state index in [-0.39, 0.29) is 5.82 Å². The maximum atomic E-state index is 13.1. The molecule has 1 aromatic heterocycles. The van der Waals surface area contributed by atoms with Crippen molar-refractivity contribution in [2.75, 3.05) is 0 Å². The lowest BCUT2D eigenvalue weighted by atomic mass is 9.76. The van der Waals surface area contributed by atoms with Gasteiger partial charge in [-0.3, -0.25) is 0 Å². The highest BCUT2D eigenvalue weighted by Crippen LogP contribution is 2.37. The third-order valence-corrected chi connectivity index (χ3v) is 4.88. The van der Waals surface area contributed by atoms with Crippen LogP contribution in [0.4, 0.5) is 4.39 Å². The number of halogens is 2. The Kier molecular flexibility index (Phi) is 3.87. The molecule has 0 aliphatic heterocycles. The molecule has 0 bridgehead atoms. The smallest absolute Gasteiger partial charge is 0.123 e. The van der Waals surface area contributed by atoms with Gasteiger partial charge in [0.25, 0.3) is 0 Å². The molecule has 100 valence electrons. The lowest BCUT2D eigenvalue weighted by molar-refractivity contribution is 0.289. The van der Waals surface area contributed by atoms with Gasteiger partial charge in [-0.05, 0) is 48.6 Å². The first-order valence-corrected chi connectivity index (χ1v) is 7.63. The van der Waals surface area contributed by atoms with Gasteiger partial charge < -0.3 is 5.32 Å². The van der Waals surface area contributed by atoms with Gasteiger partial charge in [0.1, 0.15) is 5.82 Å². The number of rotatable bonds is 4. The zero-order valence-electron chi connectivity index (χ0n) is 10.4. The predicted octanol–water partition coefficient (Wildman–Crippen LogP) is 4.58. The van der Waals surface area contributed by atoms with Crippen LogP contribution in [0.1, 0.15) is 29.2 Å². The number of benzene rings is 1. The Morgan fingerprint density at radius 2 is 2.11 bits per heavy atom. The molecule has 1 aliphatic carbocycles. The Bertz CT molecular complexity index is 563. The van der Waals surface area contributed by atoms with Crippen LogP contribution in [0.25, 0.3) is 0 Å². The van der Waals surface area contributed by atoms with E-state index in [2.05, 4.69) is 11.4 Å². The minimum Gasteiger partial charge on any atom is -0.309 e. The maximum absolute atomic E-state index is 13.1. The van der Waals surface area contributed by atoms with Crippen molar-refractivity contribution in [3.63, 3.8) is 0 Å². The molecule has 1 aromatic carbocycles. The summed E-state index contributed by atoms with van der Waals surface area (Å²) < 4.78 is 14.0. The molecule has 0 spiro atoms. The van der Waals surface area contributed by atoms with Crippen LogP contribution in [0, 0.1) is 5.82 Å². The van der Waals surface area contributed by atoms with Gasteiger partial charge >= 0.3 is 0 Å². The molecule has 4 heteroatoms. The monoisotopic (exact) mass is 295 g/mol. The molecule has 1 nitrogen and oxygen atoms in total. The molecule has 1 aliphatic rings. The second kappa shape index (κ2) is 5.61. The first-order chi connectivity index (χ1) is 9.20. The average Bonchev–Trinajstić information content (AvgIpc) is 2.73. The van der Waals surface area contributed by atoms with Crippen LogP contribution in [0.5, 0.6) is 0 Å². The van der Waals surface area contributed by atoms with E-state index in [4.69, 9.17) is 11.6 Å². The van der Waals surface area contributed by atoms with E-state index >= 15 is 0 Å². The van der Waals surface area contributed by atoms with E-state index in [1.165, 1.54) is 10.9 Å². The summed E-state index contributed by atoms with van der Waals surface area (Å²) >= 11 is 7.51. The number of hydrogen-bond acceptors (Lipinski definition) is 2. The highest BCUT2D eigenvalue weighted by molar-refractivity contribution is 7.16. The van der Waals surface area contributed by atoms with Crippen molar-refractivity contribution in [3.8, 4) is 0 Å². The fourth-order valence-electron chi connectivity index (χ4n) is 2.51. The van der Waals surface area contributed by atoms with E-state index in [9.17, 15) is 4.39 Å². The van der Waals surface area contributed by atoms with Crippen molar-refractivity contribution in [2.45, 2.75) is 31.3 Å². The first-order valence-electron chi connectivity index (χ1n) is 6.44. The van der Waals surface area contributed by atoms with Crippen LogP contribution in [-0.4, -0.2) is 6.04 Å². The van der Waals surface area contributed by atoms with Gasteiger partial charge in [-0.25, -0.2) is 4.39 Å². The van der Waals surface area contributed by atoms with E-state index in [0.717, 1.165) is 29.3 Å². The van der Waals surface area contributed by atoms with E-state index < -0.39 is 0 Å². The highest BCUT2D eigenvalue weighted by Gasteiger charge is 2.29. The second-order valence-electron chi connectivity index (χ2n) is 5.01. The van der Waals surface area contributed by atoms with Gasteiger partial charge in [-0.1, -0.05) is 23.7 Å². The molecule has 3 rings (SSSR count). The van der Waals surface area contributed by atoms with Crippen LogP contribution in [0.3, 0.4) is 0 Å². The van der Waals surface area contributed by atoms with Crippen molar-refractivity contribution in [2.24, 2.45) is 0 Å². The SMILES string of the molecule is Fc1cccc(C2CC(NCc3ccc(Cl)s3)C2)c1. The van der Waals surface area contributed by atoms with Gasteiger partial charge in [0, 0.05) is 17.5 Å². The molecular formula is C15H15ClFNS. The van der Waals surface area contributed by atoms with Crippen LogP contribution in [0.2, 0.25) is 4.34 Å². The Balaban J connectivity index is 1.48. The van der Waals surface area contributed by atoms with Crippen molar-refractivity contribution in [1.82, 2.24) is 5.32 Å². The van der Waals surface area contributed by atoms with Crippen LogP contribution < -0.4 is 5.32 Å². The molecule has 1 saturated carbocycles. The van der Waals surface area contributed by atoms with Crippen LogP contribution in [0.15, 0.2) is 36.4 Å². The molecule has 0 unspecified atom stereocenters. The van der Waals surface area contributed by atoms with Crippen molar-refractivity contribution in [1.29, 1.82) is 0 Å². The summed E-state index contributed by atoms with van der Waals surface area (Å²) in [5.74, 6) is 0.363. The predicted molar refractivity (Wildman–Crippen MR) is 78.3 cm³/mol. The minimum atomic E-state index is -0.137. The maximum Gasteiger partial charge on any atom is 0.123 e. The number of thiophene rings is 1. The van der Waals surface area contributed by atoms with Gasteiger partial charge in [0.2, 0.25) is 0 Å². The topological polar surface area (TPSA) is 12.0 Å². The third kappa shape index (κ3) is 3.16. The van der Waals surface area contributed by atoms with Crippen LogP contribution in [-0.2, 0) is 6.54 Å². The zero-order chi connectivity index (χ0) is 13.2. The second-order valence-corrected chi connectivity index (χ2v) is 6.81. The largest absolute Gasteiger partial charge is 0.309 e. The van der Waals surface area contributed by atoms with Crippen LogP contribution >= 0.6 is 22.9 Å².